The first-order valence-electron chi connectivity index (χ1n) is 8.38. The van der Waals surface area contributed by atoms with Gasteiger partial charge in [-0.05, 0) is 35.9 Å². The van der Waals surface area contributed by atoms with E-state index in [1.165, 1.54) is 11.3 Å². The summed E-state index contributed by atoms with van der Waals surface area (Å²) in [5.74, 6) is 0.442. The standard InChI is InChI=1S/C19H24N2O3S/c1-14(2)17(21-18(22)16-10-6-13-25-16)19(23)20-11-7-12-24-15-8-4-3-5-9-15/h3-6,8-10,13-14,17H,7,11-12H2,1-2H3,(H,20,23)(H,21,22). The van der Waals surface area contributed by atoms with Crippen molar-refractivity contribution < 1.29 is 14.3 Å². The van der Waals surface area contributed by atoms with Crippen LogP contribution in [0, 0.1) is 5.92 Å². The second kappa shape index (κ2) is 9.84. The van der Waals surface area contributed by atoms with Crippen LogP contribution in [-0.4, -0.2) is 31.0 Å². The summed E-state index contributed by atoms with van der Waals surface area (Å²) in [4.78, 5) is 25.1. The number of rotatable bonds is 9. The van der Waals surface area contributed by atoms with E-state index in [-0.39, 0.29) is 17.7 Å². The summed E-state index contributed by atoms with van der Waals surface area (Å²) in [6, 6.07) is 12.6. The summed E-state index contributed by atoms with van der Waals surface area (Å²) in [5, 5.41) is 7.52. The van der Waals surface area contributed by atoms with Gasteiger partial charge in [0.2, 0.25) is 5.91 Å². The number of nitrogens with one attached hydrogen (secondary N) is 2. The van der Waals surface area contributed by atoms with Crippen LogP contribution in [0.4, 0.5) is 0 Å². The zero-order valence-corrected chi connectivity index (χ0v) is 15.3. The maximum absolute atomic E-state index is 12.4. The summed E-state index contributed by atoms with van der Waals surface area (Å²) >= 11 is 1.36. The number of ether oxygens (including phenoxy) is 1. The largest absolute Gasteiger partial charge is 0.494 e. The molecule has 2 N–H and O–H groups in total. The Morgan fingerprint density at radius 3 is 2.52 bits per heavy atom. The van der Waals surface area contributed by atoms with Gasteiger partial charge in [-0.3, -0.25) is 9.59 Å². The fraction of sp³-hybridized carbons (Fsp3) is 0.368. The van der Waals surface area contributed by atoms with E-state index < -0.39 is 6.04 Å². The van der Waals surface area contributed by atoms with Gasteiger partial charge >= 0.3 is 0 Å². The molecule has 0 saturated heterocycles. The fourth-order valence-corrected chi connectivity index (χ4v) is 2.88. The van der Waals surface area contributed by atoms with E-state index in [0.717, 1.165) is 5.75 Å². The molecule has 0 bridgehead atoms. The van der Waals surface area contributed by atoms with Crippen molar-refractivity contribution in [2.75, 3.05) is 13.2 Å². The van der Waals surface area contributed by atoms with Crippen LogP contribution in [0.25, 0.3) is 0 Å². The molecular formula is C19H24N2O3S. The molecule has 25 heavy (non-hydrogen) atoms. The van der Waals surface area contributed by atoms with Gasteiger partial charge in [0, 0.05) is 6.54 Å². The van der Waals surface area contributed by atoms with Crippen LogP contribution in [0.15, 0.2) is 47.8 Å². The first-order chi connectivity index (χ1) is 12.1. The van der Waals surface area contributed by atoms with E-state index in [1.807, 2.05) is 55.6 Å². The quantitative estimate of drug-likeness (QED) is 0.675. The lowest BCUT2D eigenvalue weighted by atomic mass is 10.0. The van der Waals surface area contributed by atoms with E-state index in [4.69, 9.17) is 4.74 Å². The molecule has 0 aliphatic heterocycles. The number of benzene rings is 1. The van der Waals surface area contributed by atoms with E-state index in [9.17, 15) is 9.59 Å². The molecule has 2 aromatic rings. The molecule has 1 heterocycles. The highest BCUT2D eigenvalue weighted by molar-refractivity contribution is 7.12. The lowest BCUT2D eigenvalue weighted by molar-refractivity contribution is -0.123. The first kappa shape index (κ1) is 19.0. The highest BCUT2D eigenvalue weighted by Gasteiger charge is 2.24. The van der Waals surface area contributed by atoms with Crippen molar-refractivity contribution in [3.05, 3.63) is 52.7 Å². The first-order valence-corrected chi connectivity index (χ1v) is 9.26. The molecule has 1 aromatic heterocycles. The van der Waals surface area contributed by atoms with Gasteiger partial charge in [-0.2, -0.15) is 0 Å². The average molecular weight is 360 g/mol. The molecule has 0 radical (unpaired) electrons. The molecule has 0 aliphatic rings. The highest BCUT2D eigenvalue weighted by Crippen LogP contribution is 2.11. The SMILES string of the molecule is CC(C)C(NC(=O)c1cccs1)C(=O)NCCCOc1ccccc1. The Labute approximate surface area is 152 Å². The third-order valence-corrected chi connectivity index (χ3v) is 4.48. The van der Waals surface area contributed by atoms with Crippen LogP contribution >= 0.6 is 11.3 Å². The monoisotopic (exact) mass is 360 g/mol. The zero-order chi connectivity index (χ0) is 18.1. The van der Waals surface area contributed by atoms with Crippen LogP contribution in [-0.2, 0) is 4.79 Å². The van der Waals surface area contributed by atoms with Gasteiger partial charge in [-0.25, -0.2) is 0 Å². The van der Waals surface area contributed by atoms with Gasteiger partial charge in [0.15, 0.2) is 0 Å². The Kier molecular flexibility index (Phi) is 7.47. The number of carbonyl (C=O) groups is 2. The highest BCUT2D eigenvalue weighted by atomic mass is 32.1. The predicted molar refractivity (Wildman–Crippen MR) is 100.0 cm³/mol. The van der Waals surface area contributed by atoms with Crippen molar-refractivity contribution in [2.45, 2.75) is 26.3 Å². The third kappa shape index (κ3) is 6.23. The normalized spacial score (nSPS) is 11.8. The number of amides is 2. The molecule has 2 amide bonds. The molecule has 0 spiro atoms. The van der Waals surface area contributed by atoms with Crippen LogP contribution in [0.5, 0.6) is 5.75 Å². The number of carbonyl (C=O) groups excluding carboxylic acids is 2. The van der Waals surface area contributed by atoms with Gasteiger partial charge in [-0.15, -0.1) is 11.3 Å². The van der Waals surface area contributed by atoms with Crippen molar-refractivity contribution in [3.63, 3.8) is 0 Å². The molecule has 134 valence electrons. The van der Waals surface area contributed by atoms with Crippen molar-refractivity contribution in [3.8, 4) is 5.75 Å². The number of hydrogen-bond acceptors (Lipinski definition) is 4. The van der Waals surface area contributed by atoms with Gasteiger partial charge < -0.3 is 15.4 Å². The smallest absolute Gasteiger partial charge is 0.262 e. The molecule has 1 aromatic carbocycles. The van der Waals surface area contributed by atoms with Gasteiger partial charge in [-0.1, -0.05) is 38.1 Å². The topological polar surface area (TPSA) is 67.4 Å². The second-order valence-corrected chi connectivity index (χ2v) is 6.93. The van der Waals surface area contributed by atoms with E-state index in [1.54, 1.807) is 6.07 Å². The average Bonchev–Trinajstić information content (AvgIpc) is 3.14. The molecule has 5 nitrogen and oxygen atoms in total. The van der Waals surface area contributed by atoms with Crippen LogP contribution in [0.1, 0.15) is 29.9 Å². The number of para-hydroxylation sites is 1. The second-order valence-electron chi connectivity index (χ2n) is 5.98. The Balaban J connectivity index is 1.73. The molecule has 0 saturated carbocycles. The van der Waals surface area contributed by atoms with E-state index >= 15 is 0 Å². The lowest BCUT2D eigenvalue weighted by Crippen LogP contribution is -2.49. The summed E-state index contributed by atoms with van der Waals surface area (Å²) in [6.07, 6.45) is 0.699. The lowest BCUT2D eigenvalue weighted by Gasteiger charge is -2.21. The minimum atomic E-state index is -0.551. The Bertz CT molecular complexity index is 657. The molecule has 0 aliphatic carbocycles. The van der Waals surface area contributed by atoms with Gasteiger partial charge in [0.05, 0.1) is 11.5 Å². The predicted octanol–water partition coefficient (Wildman–Crippen LogP) is 3.09. The minimum Gasteiger partial charge on any atom is -0.494 e. The molecule has 6 heteroatoms. The third-order valence-electron chi connectivity index (χ3n) is 3.61. The van der Waals surface area contributed by atoms with Crippen LogP contribution < -0.4 is 15.4 Å². The molecule has 0 fully saturated rings. The summed E-state index contributed by atoms with van der Waals surface area (Å²) < 4.78 is 5.59. The molecular weight excluding hydrogens is 336 g/mol. The summed E-state index contributed by atoms with van der Waals surface area (Å²) in [7, 11) is 0. The maximum Gasteiger partial charge on any atom is 0.262 e. The minimum absolute atomic E-state index is 0.00415. The Hall–Kier alpha value is -2.34. The van der Waals surface area contributed by atoms with Crippen LogP contribution in [0.2, 0.25) is 0 Å². The summed E-state index contributed by atoms with van der Waals surface area (Å²) in [5.41, 5.74) is 0. The van der Waals surface area contributed by atoms with Gasteiger partial charge in [0.1, 0.15) is 11.8 Å². The van der Waals surface area contributed by atoms with E-state index in [0.29, 0.717) is 24.4 Å². The van der Waals surface area contributed by atoms with Gasteiger partial charge in [0.25, 0.3) is 5.91 Å². The van der Waals surface area contributed by atoms with Crippen molar-refractivity contribution in [1.82, 2.24) is 10.6 Å². The number of thiophene rings is 1. The number of hydrogen-bond donors (Lipinski definition) is 2. The van der Waals surface area contributed by atoms with E-state index in [2.05, 4.69) is 10.6 Å². The molecule has 1 atom stereocenters. The van der Waals surface area contributed by atoms with Crippen molar-refractivity contribution >= 4 is 23.2 Å². The zero-order valence-electron chi connectivity index (χ0n) is 14.5. The molecule has 2 rings (SSSR count). The Morgan fingerprint density at radius 1 is 1.12 bits per heavy atom. The fourth-order valence-electron chi connectivity index (χ4n) is 2.26. The van der Waals surface area contributed by atoms with Crippen LogP contribution in [0.3, 0.4) is 0 Å². The maximum atomic E-state index is 12.4. The summed E-state index contributed by atoms with van der Waals surface area (Å²) in [6.45, 7) is 4.86. The van der Waals surface area contributed by atoms with Crippen molar-refractivity contribution in [1.29, 1.82) is 0 Å². The molecule has 1 unspecified atom stereocenters. The van der Waals surface area contributed by atoms with Crippen molar-refractivity contribution in [2.24, 2.45) is 5.92 Å². The Morgan fingerprint density at radius 2 is 1.88 bits per heavy atom.